The van der Waals surface area contributed by atoms with Gasteiger partial charge in [0.15, 0.2) is 5.60 Å². The number of ether oxygens (including phenoxy) is 1. The van der Waals surface area contributed by atoms with E-state index >= 15 is 0 Å². The second-order valence-corrected chi connectivity index (χ2v) is 5.31. The van der Waals surface area contributed by atoms with Crippen LogP contribution in [-0.2, 0) is 20.9 Å². The molecular formula is C16H19NO4. The van der Waals surface area contributed by atoms with Gasteiger partial charge in [0.05, 0.1) is 13.7 Å². The summed E-state index contributed by atoms with van der Waals surface area (Å²) >= 11 is 0. The fourth-order valence-corrected chi connectivity index (χ4v) is 2.46. The first-order valence-corrected chi connectivity index (χ1v) is 6.73. The van der Waals surface area contributed by atoms with Crippen molar-refractivity contribution in [3.05, 3.63) is 48.0 Å². The van der Waals surface area contributed by atoms with E-state index in [1.165, 1.54) is 7.11 Å². The Bertz CT molecular complexity index is 569. The first kappa shape index (κ1) is 15.3. The number of carbonyl (C=O) groups excluding carboxylic acids is 2. The second kappa shape index (κ2) is 5.69. The molecule has 1 N–H and O–H groups in total. The Labute approximate surface area is 123 Å². The summed E-state index contributed by atoms with van der Waals surface area (Å²) in [6.07, 6.45) is 0. The lowest BCUT2D eigenvalue weighted by Gasteiger charge is -2.48. The van der Waals surface area contributed by atoms with E-state index < -0.39 is 17.5 Å². The Morgan fingerprint density at radius 2 is 2.10 bits per heavy atom. The normalized spacial score (nSPS) is 22.4. The van der Waals surface area contributed by atoms with Crippen molar-refractivity contribution in [3.63, 3.8) is 0 Å². The number of carbonyl (C=O) groups is 2. The zero-order chi connectivity index (χ0) is 15.6. The van der Waals surface area contributed by atoms with Crippen LogP contribution in [-0.4, -0.2) is 41.1 Å². The number of amides is 1. The van der Waals surface area contributed by atoms with E-state index in [1.807, 2.05) is 30.3 Å². The lowest BCUT2D eigenvalue weighted by atomic mass is 9.77. The molecule has 1 aliphatic heterocycles. The summed E-state index contributed by atoms with van der Waals surface area (Å²) in [4.78, 5) is 25.2. The number of nitrogens with zero attached hydrogens (tertiary/aromatic N) is 1. The van der Waals surface area contributed by atoms with Crippen molar-refractivity contribution in [1.29, 1.82) is 0 Å². The van der Waals surface area contributed by atoms with Crippen LogP contribution in [0.25, 0.3) is 0 Å². The van der Waals surface area contributed by atoms with Gasteiger partial charge in [-0.3, -0.25) is 4.79 Å². The predicted molar refractivity (Wildman–Crippen MR) is 77.1 cm³/mol. The molecule has 112 valence electrons. The number of likely N-dealkylation sites (tertiary alicyclic amines) is 1. The van der Waals surface area contributed by atoms with Gasteiger partial charge in [-0.2, -0.15) is 0 Å². The molecule has 1 aromatic rings. The quantitative estimate of drug-likeness (QED) is 0.501. The Kier molecular flexibility index (Phi) is 4.14. The van der Waals surface area contributed by atoms with Crippen molar-refractivity contribution in [2.24, 2.45) is 5.92 Å². The SMILES string of the molecule is C=C(C(=O)OC)[C@@H](C)[C@@]1(O)CN(Cc2ccccc2)C1=O. The molecule has 5 nitrogen and oxygen atoms in total. The molecule has 1 amide bonds. The summed E-state index contributed by atoms with van der Waals surface area (Å²) in [5.41, 5.74) is -0.472. The highest BCUT2D eigenvalue weighted by atomic mass is 16.5. The molecule has 1 saturated heterocycles. The van der Waals surface area contributed by atoms with Crippen LogP contribution in [0.5, 0.6) is 0 Å². The van der Waals surface area contributed by atoms with Crippen molar-refractivity contribution in [3.8, 4) is 0 Å². The number of esters is 1. The molecule has 1 fully saturated rings. The lowest BCUT2D eigenvalue weighted by molar-refractivity contribution is -0.183. The number of hydrogen-bond donors (Lipinski definition) is 1. The van der Waals surface area contributed by atoms with E-state index in [-0.39, 0.29) is 18.0 Å². The Hall–Kier alpha value is -2.14. The number of benzene rings is 1. The van der Waals surface area contributed by atoms with Gasteiger partial charge in [0.2, 0.25) is 0 Å². The summed E-state index contributed by atoms with van der Waals surface area (Å²) in [6, 6.07) is 9.53. The topological polar surface area (TPSA) is 66.8 Å². The van der Waals surface area contributed by atoms with Gasteiger partial charge in [-0.15, -0.1) is 0 Å². The van der Waals surface area contributed by atoms with Gasteiger partial charge in [-0.1, -0.05) is 43.8 Å². The molecule has 5 heteroatoms. The van der Waals surface area contributed by atoms with Gasteiger partial charge in [-0.05, 0) is 5.56 Å². The van der Waals surface area contributed by atoms with E-state index in [9.17, 15) is 14.7 Å². The molecule has 1 aliphatic rings. The van der Waals surface area contributed by atoms with Crippen LogP contribution < -0.4 is 0 Å². The molecule has 0 bridgehead atoms. The highest BCUT2D eigenvalue weighted by Gasteiger charge is 2.55. The maximum atomic E-state index is 12.2. The molecule has 0 aliphatic carbocycles. The van der Waals surface area contributed by atoms with Crippen molar-refractivity contribution in [1.82, 2.24) is 4.90 Å². The summed E-state index contributed by atoms with van der Waals surface area (Å²) in [6.45, 7) is 5.84. The molecule has 0 saturated carbocycles. The number of β-lactam (4-membered cyclic amide) rings is 1. The number of rotatable bonds is 5. The number of aliphatic hydroxyl groups is 1. The van der Waals surface area contributed by atoms with Gasteiger partial charge in [0.1, 0.15) is 0 Å². The molecule has 0 unspecified atom stereocenters. The average Bonchev–Trinajstić information content (AvgIpc) is 2.52. The molecule has 2 atom stereocenters. The first-order valence-electron chi connectivity index (χ1n) is 6.73. The van der Waals surface area contributed by atoms with Gasteiger partial charge >= 0.3 is 5.97 Å². The summed E-state index contributed by atoms with van der Waals surface area (Å²) < 4.78 is 4.58. The van der Waals surface area contributed by atoms with Crippen LogP contribution in [0.15, 0.2) is 42.5 Å². The lowest BCUT2D eigenvalue weighted by Crippen LogP contribution is -2.69. The summed E-state index contributed by atoms with van der Waals surface area (Å²) in [5.74, 6) is -1.67. The van der Waals surface area contributed by atoms with Crippen molar-refractivity contribution < 1.29 is 19.4 Å². The van der Waals surface area contributed by atoms with E-state index in [0.29, 0.717) is 6.54 Å². The summed E-state index contributed by atoms with van der Waals surface area (Å²) in [5, 5.41) is 10.5. The van der Waals surface area contributed by atoms with Crippen molar-refractivity contribution in [2.45, 2.75) is 19.1 Å². The van der Waals surface area contributed by atoms with Crippen LogP contribution in [0.4, 0.5) is 0 Å². The fourth-order valence-electron chi connectivity index (χ4n) is 2.46. The second-order valence-electron chi connectivity index (χ2n) is 5.31. The monoisotopic (exact) mass is 289 g/mol. The minimum atomic E-state index is -1.57. The van der Waals surface area contributed by atoms with Crippen LogP contribution in [0, 0.1) is 5.92 Å². The van der Waals surface area contributed by atoms with Crippen LogP contribution in [0.3, 0.4) is 0 Å². The molecule has 0 spiro atoms. The minimum absolute atomic E-state index is 0.104. The Morgan fingerprint density at radius 1 is 1.48 bits per heavy atom. The first-order chi connectivity index (χ1) is 9.90. The maximum Gasteiger partial charge on any atom is 0.333 e. The van der Waals surface area contributed by atoms with E-state index in [2.05, 4.69) is 11.3 Å². The Balaban J connectivity index is 2.03. The van der Waals surface area contributed by atoms with Gasteiger partial charge in [-0.25, -0.2) is 4.79 Å². The van der Waals surface area contributed by atoms with Crippen molar-refractivity contribution >= 4 is 11.9 Å². The molecule has 0 radical (unpaired) electrons. The predicted octanol–water partition coefficient (Wildman–Crippen LogP) is 1.13. The zero-order valence-corrected chi connectivity index (χ0v) is 12.2. The smallest absolute Gasteiger partial charge is 0.333 e. The third-order valence-corrected chi connectivity index (χ3v) is 3.99. The number of hydrogen-bond acceptors (Lipinski definition) is 4. The molecule has 1 aromatic carbocycles. The van der Waals surface area contributed by atoms with Crippen LogP contribution in [0.1, 0.15) is 12.5 Å². The molecule has 1 heterocycles. The van der Waals surface area contributed by atoms with E-state index in [1.54, 1.807) is 11.8 Å². The average molecular weight is 289 g/mol. The fraction of sp³-hybridized carbons (Fsp3) is 0.375. The van der Waals surface area contributed by atoms with Crippen LogP contribution >= 0.6 is 0 Å². The number of methoxy groups -OCH3 is 1. The largest absolute Gasteiger partial charge is 0.466 e. The van der Waals surface area contributed by atoms with Gasteiger partial charge in [0.25, 0.3) is 5.91 Å². The van der Waals surface area contributed by atoms with Gasteiger partial charge in [0, 0.05) is 18.0 Å². The highest BCUT2D eigenvalue weighted by molar-refractivity contribution is 5.95. The third-order valence-electron chi connectivity index (χ3n) is 3.99. The maximum absolute atomic E-state index is 12.2. The van der Waals surface area contributed by atoms with E-state index in [4.69, 9.17) is 0 Å². The standard InChI is InChI=1S/C16H19NO4/c1-11(14(18)21-3)12(2)16(20)10-17(15(16)19)9-13-7-5-4-6-8-13/h4-8,12,20H,1,9-10H2,2-3H3/t12-,16+/m1/s1. The van der Waals surface area contributed by atoms with Gasteiger partial charge < -0.3 is 14.7 Å². The molecular weight excluding hydrogens is 270 g/mol. The summed E-state index contributed by atoms with van der Waals surface area (Å²) in [7, 11) is 1.24. The zero-order valence-electron chi connectivity index (χ0n) is 12.2. The Morgan fingerprint density at radius 3 is 2.62 bits per heavy atom. The van der Waals surface area contributed by atoms with Crippen molar-refractivity contribution in [2.75, 3.05) is 13.7 Å². The van der Waals surface area contributed by atoms with E-state index in [0.717, 1.165) is 5.56 Å². The molecule has 0 aromatic heterocycles. The number of β-amino-alcohol motifs (C(OH)–C–C–N with tert-alkyl or cyclic N) is 1. The molecule has 21 heavy (non-hydrogen) atoms. The minimum Gasteiger partial charge on any atom is -0.466 e. The van der Waals surface area contributed by atoms with Crippen LogP contribution in [0.2, 0.25) is 0 Å². The highest BCUT2D eigenvalue weighted by Crippen LogP contribution is 2.35. The molecule has 2 rings (SSSR count). The third kappa shape index (κ3) is 2.69.